The van der Waals surface area contributed by atoms with Crippen LogP contribution in [0.15, 0.2) is 84.9 Å². The van der Waals surface area contributed by atoms with Gasteiger partial charge in [-0.2, -0.15) is 0 Å². The average Bonchev–Trinajstić information content (AvgIpc) is 3.26. The van der Waals surface area contributed by atoms with Crippen molar-refractivity contribution < 1.29 is 24.9 Å². The Bertz CT molecular complexity index is 1570. The monoisotopic (exact) mass is 763 g/mol. The van der Waals surface area contributed by atoms with Gasteiger partial charge in [-0.3, -0.25) is 0 Å². The molecule has 0 aromatic heterocycles. The third-order valence-electron chi connectivity index (χ3n) is 11.8. The predicted molar refractivity (Wildman–Crippen MR) is 233 cm³/mol. The standard InChI is InChI=1S/C44H52O2.2C2H4O.C2H6.CH4O/c45-42-36(26-32-16-6-1-7-17-32)28-38(30-40(42)34-20-10-3-11-21-34)44(24-14-5-15-25-44)39-29-37(27-33-18-8-2-9-19-33)43(46)41(31-39)35-22-12-4-13-23-35;2*1-2-3;2*1-2/h1-2,6-9,16-19,28-31,34-35,45-46H,3-5,10-15,20-27H2;2*2H,1H3;1-2H3;2H,1H3. The number of phenols is 2. The van der Waals surface area contributed by atoms with Crippen LogP contribution in [0.3, 0.4) is 0 Å². The van der Waals surface area contributed by atoms with Crippen LogP contribution in [0.1, 0.15) is 180 Å². The molecule has 4 aromatic rings. The lowest BCUT2D eigenvalue weighted by Crippen LogP contribution is -2.31. The van der Waals surface area contributed by atoms with Gasteiger partial charge in [0.1, 0.15) is 24.1 Å². The Balaban J connectivity index is 0.000000770. The molecule has 3 fully saturated rings. The van der Waals surface area contributed by atoms with E-state index in [0.29, 0.717) is 23.3 Å². The number of carbonyl (C=O) groups excluding carboxylic acids is 2. The maximum Gasteiger partial charge on any atom is 0.122 e. The molecule has 0 amide bonds. The molecular formula is C51H70O5. The molecule has 304 valence electrons. The molecule has 5 heteroatoms. The summed E-state index contributed by atoms with van der Waals surface area (Å²) < 4.78 is 0. The van der Waals surface area contributed by atoms with Crippen molar-refractivity contribution in [3.05, 3.63) is 129 Å². The van der Waals surface area contributed by atoms with Gasteiger partial charge in [-0.1, -0.05) is 157 Å². The topological polar surface area (TPSA) is 94.8 Å². The molecule has 3 aliphatic carbocycles. The zero-order chi connectivity index (χ0) is 40.8. The molecule has 0 aliphatic heterocycles. The van der Waals surface area contributed by atoms with Gasteiger partial charge in [0.05, 0.1) is 0 Å². The third kappa shape index (κ3) is 12.4. The largest absolute Gasteiger partial charge is 0.507 e. The lowest BCUT2D eigenvalue weighted by molar-refractivity contribution is -0.106. The number of phenolic OH excluding ortho intramolecular Hbond substituents is 2. The summed E-state index contributed by atoms with van der Waals surface area (Å²) in [5.74, 6) is 1.91. The molecule has 0 saturated heterocycles. The Morgan fingerprint density at radius 3 is 1.20 bits per heavy atom. The summed E-state index contributed by atoms with van der Waals surface area (Å²) in [5.41, 5.74) is 9.67. The van der Waals surface area contributed by atoms with Gasteiger partial charge < -0.3 is 24.9 Å². The van der Waals surface area contributed by atoms with Gasteiger partial charge in [0.15, 0.2) is 0 Å². The molecule has 0 atom stereocenters. The third-order valence-corrected chi connectivity index (χ3v) is 11.8. The first-order valence-corrected chi connectivity index (χ1v) is 21.5. The molecule has 0 heterocycles. The normalized spacial score (nSPS) is 16.5. The van der Waals surface area contributed by atoms with Crippen LogP contribution in [0, 0.1) is 0 Å². The number of rotatable bonds is 8. The van der Waals surface area contributed by atoms with Crippen LogP contribution in [0.4, 0.5) is 0 Å². The molecule has 5 nitrogen and oxygen atoms in total. The zero-order valence-corrected chi connectivity index (χ0v) is 35.1. The van der Waals surface area contributed by atoms with E-state index in [4.69, 9.17) is 14.7 Å². The van der Waals surface area contributed by atoms with Gasteiger partial charge in [0.25, 0.3) is 0 Å². The predicted octanol–water partition coefficient (Wildman–Crippen LogP) is 12.7. The average molecular weight is 763 g/mol. The van der Waals surface area contributed by atoms with E-state index < -0.39 is 0 Å². The summed E-state index contributed by atoms with van der Waals surface area (Å²) in [4.78, 5) is 17.6. The highest BCUT2D eigenvalue weighted by molar-refractivity contribution is 5.56. The molecule has 3 saturated carbocycles. The van der Waals surface area contributed by atoms with Crippen molar-refractivity contribution in [1.29, 1.82) is 0 Å². The minimum absolute atomic E-state index is 0.122. The molecule has 3 aliphatic rings. The molecule has 0 radical (unpaired) electrons. The van der Waals surface area contributed by atoms with Crippen molar-refractivity contribution in [2.45, 2.75) is 154 Å². The molecule has 0 spiro atoms. The fourth-order valence-electron chi connectivity index (χ4n) is 9.24. The van der Waals surface area contributed by atoms with Crippen molar-refractivity contribution in [3.8, 4) is 11.5 Å². The highest BCUT2D eigenvalue weighted by Crippen LogP contribution is 2.51. The number of aliphatic hydroxyl groups excluding tert-OH is 1. The lowest BCUT2D eigenvalue weighted by Gasteiger charge is -2.41. The van der Waals surface area contributed by atoms with E-state index in [1.54, 1.807) is 0 Å². The maximum atomic E-state index is 11.9. The minimum atomic E-state index is -0.122. The molecule has 4 aromatic carbocycles. The summed E-state index contributed by atoms with van der Waals surface area (Å²) in [6.45, 7) is 6.89. The van der Waals surface area contributed by atoms with Crippen LogP contribution >= 0.6 is 0 Å². The molecular weight excluding hydrogens is 693 g/mol. The second-order valence-electron chi connectivity index (χ2n) is 15.3. The van der Waals surface area contributed by atoms with Crippen LogP contribution in [0.5, 0.6) is 11.5 Å². The number of aliphatic hydroxyl groups is 1. The molecule has 56 heavy (non-hydrogen) atoms. The lowest BCUT2D eigenvalue weighted by atomic mass is 9.63. The maximum absolute atomic E-state index is 11.9. The number of aldehydes is 2. The van der Waals surface area contributed by atoms with Crippen molar-refractivity contribution in [3.63, 3.8) is 0 Å². The molecule has 3 N–H and O–H groups in total. The molecule has 0 bridgehead atoms. The van der Waals surface area contributed by atoms with Crippen molar-refractivity contribution in [2.75, 3.05) is 7.11 Å². The summed E-state index contributed by atoms with van der Waals surface area (Å²) in [6, 6.07) is 31.0. The number of hydrogen-bond donors (Lipinski definition) is 3. The fourth-order valence-corrected chi connectivity index (χ4v) is 9.24. The van der Waals surface area contributed by atoms with Crippen LogP contribution in [0.2, 0.25) is 0 Å². The Hall–Kier alpha value is -4.22. The number of benzene rings is 4. The highest BCUT2D eigenvalue weighted by atomic mass is 16.3. The quantitative estimate of drug-likeness (QED) is 0.155. The van der Waals surface area contributed by atoms with E-state index in [1.165, 1.54) is 131 Å². The molecule has 7 rings (SSSR count). The van der Waals surface area contributed by atoms with Crippen LogP contribution in [0.25, 0.3) is 0 Å². The van der Waals surface area contributed by atoms with Gasteiger partial charge >= 0.3 is 0 Å². The van der Waals surface area contributed by atoms with Crippen LogP contribution in [-0.4, -0.2) is 35.0 Å². The Morgan fingerprint density at radius 2 is 0.857 bits per heavy atom. The molecule has 0 unspecified atom stereocenters. The SMILES string of the molecule is CC.CC=O.CC=O.CO.Oc1c(Cc2ccccc2)cc(C2(c3cc(Cc4ccccc4)c(O)c(C4CCCCC4)c3)CCCCC2)cc1C1CCCCC1. The zero-order valence-electron chi connectivity index (χ0n) is 35.1. The summed E-state index contributed by atoms with van der Waals surface area (Å²) in [5, 5.41) is 30.8. The summed E-state index contributed by atoms with van der Waals surface area (Å²) in [7, 11) is 1.00. The first kappa shape index (κ1) is 46.2. The van der Waals surface area contributed by atoms with Gasteiger partial charge in [0.2, 0.25) is 0 Å². The Labute approximate surface area is 338 Å². The van der Waals surface area contributed by atoms with Crippen molar-refractivity contribution in [1.82, 2.24) is 0 Å². The second-order valence-corrected chi connectivity index (χ2v) is 15.3. The van der Waals surface area contributed by atoms with E-state index in [-0.39, 0.29) is 5.41 Å². The highest BCUT2D eigenvalue weighted by Gasteiger charge is 2.39. The summed E-state index contributed by atoms with van der Waals surface area (Å²) >= 11 is 0. The summed E-state index contributed by atoms with van der Waals surface area (Å²) in [6.07, 6.45) is 21.2. The van der Waals surface area contributed by atoms with E-state index in [1.807, 2.05) is 13.8 Å². The number of aromatic hydroxyl groups is 2. The van der Waals surface area contributed by atoms with E-state index in [9.17, 15) is 10.2 Å². The number of carbonyl (C=O) groups is 2. The fraction of sp³-hybridized carbons (Fsp3) is 0.490. The van der Waals surface area contributed by atoms with Crippen molar-refractivity contribution in [2.24, 2.45) is 0 Å². The van der Waals surface area contributed by atoms with Crippen LogP contribution in [-0.2, 0) is 27.8 Å². The van der Waals surface area contributed by atoms with Gasteiger partial charge in [-0.05, 0) is 109 Å². The Kier molecular flexibility index (Phi) is 20.7. The Morgan fingerprint density at radius 1 is 0.536 bits per heavy atom. The minimum Gasteiger partial charge on any atom is -0.507 e. The second kappa shape index (κ2) is 25.1. The first-order chi connectivity index (χ1) is 27.4. The van der Waals surface area contributed by atoms with Crippen LogP contribution < -0.4 is 0 Å². The van der Waals surface area contributed by atoms with Crippen molar-refractivity contribution >= 4 is 12.6 Å². The smallest absolute Gasteiger partial charge is 0.122 e. The van der Waals surface area contributed by atoms with E-state index >= 15 is 0 Å². The van der Waals surface area contributed by atoms with E-state index in [2.05, 4.69) is 84.9 Å². The van der Waals surface area contributed by atoms with Gasteiger partial charge in [-0.25, -0.2) is 0 Å². The first-order valence-electron chi connectivity index (χ1n) is 21.5. The van der Waals surface area contributed by atoms with Gasteiger partial charge in [0, 0.05) is 25.4 Å². The van der Waals surface area contributed by atoms with Gasteiger partial charge in [-0.15, -0.1) is 0 Å². The number of hydrogen-bond acceptors (Lipinski definition) is 5. The van der Waals surface area contributed by atoms with E-state index in [0.717, 1.165) is 56.5 Å².